The molecule has 3 rings (SSSR count). The average Bonchev–Trinajstić information content (AvgIpc) is 2.71. The molecule has 1 N–H and O–H groups in total. The minimum Gasteiger partial charge on any atom is -0.350 e. The molecule has 0 spiro atoms. The van der Waals surface area contributed by atoms with Gasteiger partial charge in [-0.2, -0.15) is 0 Å². The fraction of sp³-hybridized carbons (Fsp3) is 0.217. The van der Waals surface area contributed by atoms with Gasteiger partial charge in [0.1, 0.15) is 5.25 Å². The first-order valence-corrected chi connectivity index (χ1v) is 10.9. The molecule has 1 aromatic heterocycles. The summed E-state index contributed by atoms with van der Waals surface area (Å²) in [5, 5.41) is 1.85. The van der Waals surface area contributed by atoms with Gasteiger partial charge in [-0.15, -0.1) is 0 Å². The Morgan fingerprint density at radius 1 is 1.00 bits per heavy atom. The number of sulfone groups is 1. The summed E-state index contributed by atoms with van der Waals surface area (Å²) in [6.45, 7) is 5.77. The van der Waals surface area contributed by atoms with E-state index < -0.39 is 15.1 Å². The van der Waals surface area contributed by atoms with Crippen LogP contribution in [0.2, 0.25) is 0 Å². The van der Waals surface area contributed by atoms with Crippen molar-refractivity contribution in [2.75, 3.05) is 6.54 Å². The van der Waals surface area contributed by atoms with Gasteiger partial charge < -0.3 is 5.32 Å². The molecule has 29 heavy (non-hydrogen) atoms. The standard InChI is InChI=1S/C23H24N2O3S/c1-16-6-10-21(11-7-16)29(27,28)22(20-5-4-12-24-14-20)15-25-23(26)19-9-8-17(2)18(3)13-19/h4-14,22H,15H2,1-3H3,(H,25,26)/t22-/m0/s1. The molecular weight excluding hydrogens is 384 g/mol. The molecule has 6 heteroatoms. The highest BCUT2D eigenvalue weighted by atomic mass is 32.2. The van der Waals surface area contributed by atoms with Crippen LogP contribution in [0.1, 0.15) is 37.9 Å². The Balaban J connectivity index is 1.89. The molecule has 1 heterocycles. The van der Waals surface area contributed by atoms with Crippen LogP contribution in [0.3, 0.4) is 0 Å². The number of pyridine rings is 1. The Morgan fingerprint density at radius 3 is 2.34 bits per heavy atom. The van der Waals surface area contributed by atoms with Crippen LogP contribution in [0, 0.1) is 20.8 Å². The number of hydrogen-bond donors (Lipinski definition) is 1. The van der Waals surface area contributed by atoms with Gasteiger partial charge in [0.2, 0.25) is 0 Å². The Labute approximate surface area is 171 Å². The molecule has 0 aliphatic carbocycles. The molecule has 2 aromatic carbocycles. The normalized spacial score (nSPS) is 12.4. The molecule has 1 atom stereocenters. The zero-order chi connectivity index (χ0) is 21.0. The molecule has 5 nitrogen and oxygen atoms in total. The lowest BCUT2D eigenvalue weighted by Gasteiger charge is -2.19. The average molecular weight is 409 g/mol. The van der Waals surface area contributed by atoms with Gasteiger partial charge in [0, 0.05) is 24.5 Å². The van der Waals surface area contributed by atoms with Gasteiger partial charge >= 0.3 is 0 Å². The predicted octanol–water partition coefficient (Wildman–Crippen LogP) is 3.95. The summed E-state index contributed by atoms with van der Waals surface area (Å²) in [5.74, 6) is -0.305. The molecule has 0 unspecified atom stereocenters. The van der Waals surface area contributed by atoms with Crippen molar-refractivity contribution in [3.05, 3.63) is 94.8 Å². The van der Waals surface area contributed by atoms with Crippen LogP contribution in [0.4, 0.5) is 0 Å². The van der Waals surface area contributed by atoms with Crippen molar-refractivity contribution in [2.45, 2.75) is 30.9 Å². The van der Waals surface area contributed by atoms with Gasteiger partial charge in [-0.25, -0.2) is 8.42 Å². The number of nitrogens with one attached hydrogen (secondary N) is 1. The maximum Gasteiger partial charge on any atom is 0.251 e. The van der Waals surface area contributed by atoms with Gasteiger partial charge in [0.15, 0.2) is 9.84 Å². The molecule has 1 amide bonds. The number of aryl methyl sites for hydroxylation is 3. The summed E-state index contributed by atoms with van der Waals surface area (Å²) in [6, 6.07) is 15.6. The lowest BCUT2D eigenvalue weighted by atomic mass is 10.1. The number of carbonyl (C=O) groups excluding carboxylic acids is 1. The Morgan fingerprint density at radius 2 is 1.72 bits per heavy atom. The van der Waals surface area contributed by atoms with Crippen molar-refractivity contribution in [1.29, 1.82) is 0 Å². The van der Waals surface area contributed by atoms with E-state index >= 15 is 0 Å². The van der Waals surface area contributed by atoms with Crippen molar-refractivity contribution >= 4 is 15.7 Å². The van der Waals surface area contributed by atoms with Gasteiger partial charge in [0.25, 0.3) is 5.91 Å². The molecule has 0 saturated heterocycles. The lowest BCUT2D eigenvalue weighted by molar-refractivity contribution is 0.0953. The van der Waals surface area contributed by atoms with E-state index in [9.17, 15) is 13.2 Å². The zero-order valence-corrected chi connectivity index (χ0v) is 17.5. The van der Waals surface area contributed by atoms with Gasteiger partial charge in [-0.3, -0.25) is 9.78 Å². The maximum atomic E-state index is 13.3. The van der Waals surface area contributed by atoms with Crippen LogP contribution >= 0.6 is 0 Å². The van der Waals surface area contributed by atoms with Crippen LogP contribution in [0.15, 0.2) is 71.9 Å². The van der Waals surface area contributed by atoms with E-state index in [4.69, 9.17) is 0 Å². The number of rotatable bonds is 6. The molecular formula is C23H24N2O3S. The Hall–Kier alpha value is -2.99. The van der Waals surface area contributed by atoms with Crippen molar-refractivity contribution in [2.24, 2.45) is 0 Å². The van der Waals surface area contributed by atoms with E-state index in [0.29, 0.717) is 11.1 Å². The fourth-order valence-corrected chi connectivity index (χ4v) is 4.68. The van der Waals surface area contributed by atoms with Gasteiger partial charge in [0.05, 0.1) is 4.90 Å². The molecule has 150 valence electrons. The highest BCUT2D eigenvalue weighted by molar-refractivity contribution is 7.91. The zero-order valence-electron chi connectivity index (χ0n) is 16.7. The van der Waals surface area contributed by atoms with E-state index in [1.54, 1.807) is 54.7 Å². The van der Waals surface area contributed by atoms with Crippen LogP contribution in [-0.4, -0.2) is 25.9 Å². The van der Waals surface area contributed by atoms with Gasteiger partial charge in [-0.05, 0) is 67.8 Å². The first kappa shape index (κ1) is 20.7. The first-order valence-electron chi connectivity index (χ1n) is 9.35. The second-order valence-electron chi connectivity index (χ2n) is 7.14. The summed E-state index contributed by atoms with van der Waals surface area (Å²) >= 11 is 0. The fourth-order valence-electron chi connectivity index (χ4n) is 3.04. The van der Waals surface area contributed by atoms with E-state index in [1.165, 1.54) is 6.20 Å². The van der Waals surface area contributed by atoms with Crippen LogP contribution < -0.4 is 5.32 Å². The molecule has 0 radical (unpaired) electrons. The van der Waals surface area contributed by atoms with Crippen molar-refractivity contribution < 1.29 is 13.2 Å². The van der Waals surface area contributed by atoms with E-state index in [-0.39, 0.29) is 17.3 Å². The van der Waals surface area contributed by atoms with E-state index in [1.807, 2.05) is 26.8 Å². The molecule has 0 fully saturated rings. The predicted molar refractivity (Wildman–Crippen MR) is 114 cm³/mol. The Bertz CT molecular complexity index is 1110. The number of carbonyl (C=O) groups is 1. The second-order valence-corrected chi connectivity index (χ2v) is 9.27. The summed E-state index contributed by atoms with van der Waals surface area (Å²) in [7, 11) is -3.72. The van der Waals surface area contributed by atoms with Crippen molar-refractivity contribution in [3.63, 3.8) is 0 Å². The van der Waals surface area contributed by atoms with Crippen LogP contribution in [0.5, 0.6) is 0 Å². The molecule has 0 aliphatic rings. The maximum absolute atomic E-state index is 13.3. The Kier molecular flexibility index (Phi) is 6.13. The largest absolute Gasteiger partial charge is 0.350 e. The molecule has 0 saturated carbocycles. The monoisotopic (exact) mass is 408 g/mol. The third-order valence-electron chi connectivity index (χ3n) is 5.00. The minimum absolute atomic E-state index is 0.0480. The number of amides is 1. The third-order valence-corrected chi connectivity index (χ3v) is 7.11. The summed E-state index contributed by atoms with van der Waals surface area (Å²) < 4.78 is 26.6. The number of nitrogens with zero attached hydrogens (tertiary/aromatic N) is 1. The first-order chi connectivity index (χ1) is 13.8. The summed E-state index contributed by atoms with van der Waals surface area (Å²) in [6.07, 6.45) is 3.12. The van der Waals surface area contributed by atoms with Crippen LogP contribution in [0.25, 0.3) is 0 Å². The van der Waals surface area contributed by atoms with Crippen molar-refractivity contribution in [1.82, 2.24) is 10.3 Å². The number of benzene rings is 2. The minimum atomic E-state index is -3.72. The third kappa shape index (κ3) is 4.71. The van der Waals surface area contributed by atoms with Crippen molar-refractivity contribution in [3.8, 4) is 0 Å². The summed E-state index contributed by atoms with van der Waals surface area (Å²) in [4.78, 5) is 16.9. The van der Waals surface area contributed by atoms with Crippen LogP contribution in [-0.2, 0) is 9.84 Å². The summed E-state index contributed by atoms with van der Waals surface area (Å²) in [5.41, 5.74) is 4.12. The molecule has 3 aromatic rings. The number of hydrogen-bond acceptors (Lipinski definition) is 4. The highest BCUT2D eigenvalue weighted by Crippen LogP contribution is 2.28. The smallest absolute Gasteiger partial charge is 0.251 e. The van der Waals surface area contributed by atoms with E-state index in [0.717, 1.165) is 16.7 Å². The molecule has 0 aliphatic heterocycles. The molecule has 0 bridgehead atoms. The number of aromatic nitrogens is 1. The highest BCUT2D eigenvalue weighted by Gasteiger charge is 2.30. The second kappa shape index (κ2) is 8.57. The lowest BCUT2D eigenvalue weighted by Crippen LogP contribution is -2.32. The van der Waals surface area contributed by atoms with Gasteiger partial charge in [-0.1, -0.05) is 29.8 Å². The topological polar surface area (TPSA) is 76.1 Å². The SMILES string of the molecule is Cc1ccc(S(=O)(=O)[C@@H](CNC(=O)c2ccc(C)c(C)c2)c2cccnc2)cc1. The van der Waals surface area contributed by atoms with E-state index in [2.05, 4.69) is 10.3 Å². The quantitative estimate of drug-likeness (QED) is 0.670.